The SMILES string of the molecule is CCCCCCCCCCCC(O)O[P+](=O)OC(O)CCCCCCCCCCC. The largest absolute Gasteiger partial charge is 0.702 e. The monoisotopic (exact) mass is 449 g/mol. The molecule has 30 heavy (non-hydrogen) atoms. The fourth-order valence-electron chi connectivity index (χ4n) is 3.59. The average Bonchev–Trinajstić information content (AvgIpc) is 2.71. The highest BCUT2D eigenvalue weighted by Crippen LogP contribution is 2.29. The van der Waals surface area contributed by atoms with Crippen LogP contribution in [-0.4, -0.2) is 22.8 Å². The van der Waals surface area contributed by atoms with Gasteiger partial charge in [-0.15, -0.1) is 0 Å². The van der Waals surface area contributed by atoms with E-state index in [1.165, 1.54) is 89.9 Å². The zero-order valence-electron chi connectivity index (χ0n) is 19.9. The topological polar surface area (TPSA) is 76.0 Å². The lowest BCUT2D eigenvalue weighted by Gasteiger charge is -2.06. The number of unbranched alkanes of at least 4 members (excludes halogenated alkanes) is 16. The number of aliphatic hydroxyl groups is 2. The zero-order chi connectivity index (χ0) is 22.3. The molecule has 0 amide bonds. The molecule has 180 valence electrons. The van der Waals surface area contributed by atoms with Crippen molar-refractivity contribution in [3.8, 4) is 0 Å². The molecule has 0 aromatic heterocycles. The summed E-state index contributed by atoms with van der Waals surface area (Å²) in [5.74, 6) is 0. The van der Waals surface area contributed by atoms with E-state index in [0.29, 0.717) is 12.8 Å². The third kappa shape index (κ3) is 22.6. The summed E-state index contributed by atoms with van der Waals surface area (Å²) in [6.45, 7) is 4.45. The van der Waals surface area contributed by atoms with Crippen LogP contribution < -0.4 is 0 Å². The smallest absolute Gasteiger partial charge is 0.364 e. The fraction of sp³-hybridized carbons (Fsp3) is 1.00. The minimum Gasteiger partial charge on any atom is -0.364 e. The molecule has 0 saturated carbocycles. The molecule has 5 nitrogen and oxygen atoms in total. The van der Waals surface area contributed by atoms with Crippen molar-refractivity contribution >= 4 is 8.25 Å². The third-order valence-electron chi connectivity index (χ3n) is 5.52. The molecule has 0 aliphatic heterocycles. The van der Waals surface area contributed by atoms with Gasteiger partial charge in [-0.1, -0.05) is 126 Å². The Morgan fingerprint density at radius 2 is 0.800 bits per heavy atom. The third-order valence-corrected chi connectivity index (χ3v) is 6.36. The quantitative estimate of drug-likeness (QED) is 0.0883. The molecule has 2 N–H and O–H groups in total. The molecule has 0 aromatic rings. The van der Waals surface area contributed by atoms with E-state index < -0.39 is 20.8 Å². The van der Waals surface area contributed by atoms with Crippen LogP contribution >= 0.6 is 8.25 Å². The van der Waals surface area contributed by atoms with E-state index in [4.69, 9.17) is 9.05 Å². The molecule has 0 fully saturated rings. The molecule has 2 unspecified atom stereocenters. The lowest BCUT2D eigenvalue weighted by molar-refractivity contribution is -0.0648. The van der Waals surface area contributed by atoms with Crippen LogP contribution in [0.2, 0.25) is 0 Å². The molecular weight excluding hydrogens is 399 g/mol. The van der Waals surface area contributed by atoms with Gasteiger partial charge in [0.05, 0.1) is 0 Å². The summed E-state index contributed by atoms with van der Waals surface area (Å²) in [5, 5.41) is 19.6. The van der Waals surface area contributed by atoms with Crippen LogP contribution in [0, 0.1) is 0 Å². The minimum absolute atomic E-state index is 0.453. The van der Waals surface area contributed by atoms with Gasteiger partial charge in [-0.05, 0) is 12.8 Å². The first kappa shape index (κ1) is 29.9. The molecular formula is C24H50O5P+. The van der Waals surface area contributed by atoms with Crippen LogP contribution in [-0.2, 0) is 13.6 Å². The van der Waals surface area contributed by atoms with Crippen LogP contribution in [0.4, 0.5) is 0 Å². The maximum atomic E-state index is 11.8. The van der Waals surface area contributed by atoms with E-state index in [2.05, 4.69) is 13.8 Å². The summed E-state index contributed by atoms with van der Waals surface area (Å²) < 4.78 is 21.7. The Labute approximate surface area is 187 Å². The summed E-state index contributed by atoms with van der Waals surface area (Å²) in [6.07, 6.45) is 20.4. The van der Waals surface area contributed by atoms with E-state index >= 15 is 0 Å². The van der Waals surface area contributed by atoms with Gasteiger partial charge in [-0.2, -0.15) is 0 Å². The number of hydrogen-bond acceptors (Lipinski definition) is 5. The molecule has 0 aliphatic carbocycles. The van der Waals surface area contributed by atoms with Gasteiger partial charge < -0.3 is 10.2 Å². The van der Waals surface area contributed by atoms with Crippen LogP contribution in [0.25, 0.3) is 0 Å². The highest BCUT2D eigenvalue weighted by Gasteiger charge is 2.29. The van der Waals surface area contributed by atoms with E-state index in [9.17, 15) is 14.8 Å². The maximum absolute atomic E-state index is 11.8. The van der Waals surface area contributed by atoms with Crippen molar-refractivity contribution in [3.63, 3.8) is 0 Å². The molecule has 0 bridgehead atoms. The van der Waals surface area contributed by atoms with Gasteiger partial charge in [0, 0.05) is 17.4 Å². The Hall–Kier alpha value is -0.0600. The first-order valence-electron chi connectivity index (χ1n) is 12.8. The molecule has 0 rings (SSSR count). The Balaban J connectivity index is 3.47. The first-order chi connectivity index (χ1) is 14.6. The highest BCUT2D eigenvalue weighted by atomic mass is 31.1. The molecule has 0 aliphatic rings. The van der Waals surface area contributed by atoms with Crippen molar-refractivity contribution in [3.05, 3.63) is 0 Å². The Bertz CT molecular complexity index is 336. The Morgan fingerprint density at radius 3 is 1.10 bits per heavy atom. The number of rotatable bonds is 24. The van der Waals surface area contributed by atoms with Crippen molar-refractivity contribution in [1.29, 1.82) is 0 Å². The van der Waals surface area contributed by atoms with E-state index in [1.54, 1.807) is 0 Å². The average molecular weight is 450 g/mol. The highest BCUT2D eigenvalue weighted by molar-refractivity contribution is 7.33. The van der Waals surface area contributed by atoms with Gasteiger partial charge in [0.15, 0.2) is 0 Å². The minimum atomic E-state index is -2.48. The van der Waals surface area contributed by atoms with E-state index in [-0.39, 0.29) is 0 Å². The summed E-state index contributed by atoms with van der Waals surface area (Å²) in [5.41, 5.74) is 0. The standard InChI is InChI=1S/C24H50O5P/c1-3-5-7-9-11-13-15-17-19-21-23(25)28-30(27)29-24(26)22-20-18-16-14-12-10-8-6-4-2/h23-26H,3-22H2,1-2H3/q+1. The van der Waals surface area contributed by atoms with Gasteiger partial charge in [-0.3, -0.25) is 0 Å². The molecule has 0 heterocycles. The molecule has 0 aromatic carbocycles. The summed E-state index contributed by atoms with van der Waals surface area (Å²) >= 11 is 0. The molecule has 6 heteroatoms. The van der Waals surface area contributed by atoms with Gasteiger partial charge in [0.1, 0.15) is 0 Å². The van der Waals surface area contributed by atoms with Crippen molar-refractivity contribution < 1.29 is 23.8 Å². The second kappa shape index (κ2) is 23.6. The Morgan fingerprint density at radius 1 is 0.533 bits per heavy atom. The van der Waals surface area contributed by atoms with Crippen molar-refractivity contribution in [2.45, 2.75) is 155 Å². The van der Waals surface area contributed by atoms with Crippen molar-refractivity contribution in [1.82, 2.24) is 0 Å². The van der Waals surface area contributed by atoms with Crippen LogP contribution in [0.5, 0.6) is 0 Å². The van der Waals surface area contributed by atoms with Gasteiger partial charge in [-0.25, -0.2) is 0 Å². The second-order valence-corrected chi connectivity index (χ2v) is 9.45. The fourth-order valence-corrected chi connectivity index (χ4v) is 4.25. The van der Waals surface area contributed by atoms with Crippen LogP contribution in [0.1, 0.15) is 142 Å². The normalized spacial score (nSPS) is 14.1. The van der Waals surface area contributed by atoms with Crippen molar-refractivity contribution in [2.75, 3.05) is 0 Å². The Kier molecular flexibility index (Phi) is 23.6. The van der Waals surface area contributed by atoms with Gasteiger partial charge in [0.25, 0.3) is 0 Å². The molecule has 2 atom stereocenters. The first-order valence-corrected chi connectivity index (χ1v) is 13.9. The molecule has 0 radical (unpaired) electrons. The van der Waals surface area contributed by atoms with Crippen molar-refractivity contribution in [2.24, 2.45) is 0 Å². The van der Waals surface area contributed by atoms with E-state index in [1.807, 2.05) is 0 Å². The van der Waals surface area contributed by atoms with Crippen LogP contribution in [0.15, 0.2) is 0 Å². The van der Waals surface area contributed by atoms with Gasteiger partial charge in [0.2, 0.25) is 12.6 Å². The number of hydrogen-bond donors (Lipinski definition) is 2. The molecule has 0 spiro atoms. The second-order valence-electron chi connectivity index (χ2n) is 8.58. The summed E-state index contributed by atoms with van der Waals surface area (Å²) in [6, 6.07) is 0. The number of aliphatic hydroxyl groups excluding tert-OH is 2. The lowest BCUT2D eigenvalue weighted by Crippen LogP contribution is -2.12. The van der Waals surface area contributed by atoms with Crippen LogP contribution in [0.3, 0.4) is 0 Å². The predicted octanol–water partition coefficient (Wildman–Crippen LogP) is 8.16. The summed E-state index contributed by atoms with van der Waals surface area (Å²) in [4.78, 5) is 0. The van der Waals surface area contributed by atoms with E-state index in [0.717, 1.165) is 25.7 Å². The summed E-state index contributed by atoms with van der Waals surface area (Å²) in [7, 11) is -2.48. The molecule has 0 saturated heterocycles. The maximum Gasteiger partial charge on any atom is 0.702 e. The zero-order valence-corrected chi connectivity index (χ0v) is 20.8. The predicted molar refractivity (Wildman–Crippen MR) is 125 cm³/mol. The van der Waals surface area contributed by atoms with Gasteiger partial charge >= 0.3 is 8.25 Å². The lowest BCUT2D eigenvalue weighted by atomic mass is 10.1.